The number of nitrogens with one attached hydrogen (secondary N) is 2. The molecule has 0 radical (unpaired) electrons. The highest BCUT2D eigenvalue weighted by Gasteiger charge is 2.04. The zero-order valence-electron chi connectivity index (χ0n) is 12.7. The molecule has 23 heavy (non-hydrogen) atoms. The van der Waals surface area contributed by atoms with Crippen LogP contribution in [0.5, 0.6) is 5.75 Å². The lowest BCUT2D eigenvalue weighted by Crippen LogP contribution is -2.32. The van der Waals surface area contributed by atoms with Crippen LogP contribution in [0.25, 0.3) is 10.8 Å². The normalized spacial score (nSPS) is 10.5. The molecule has 0 aliphatic carbocycles. The van der Waals surface area contributed by atoms with Gasteiger partial charge in [-0.15, -0.1) is 11.3 Å². The maximum Gasteiger partial charge on any atom is 0.321 e. The van der Waals surface area contributed by atoms with E-state index in [2.05, 4.69) is 21.7 Å². The highest BCUT2D eigenvalue weighted by Crippen LogP contribution is 2.20. The number of amides is 2. The second-order valence-electron chi connectivity index (χ2n) is 5.01. The molecule has 3 aromatic rings. The van der Waals surface area contributed by atoms with Gasteiger partial charge in [0.05, 0.1) is 6.54 Å². The van der Waals surface area contributed by atoms with Crippen LogP contribution in [-0.4, -0.2) is 24.2 Å². The molecule has 0 aliphatic heterocycles. The molecule has 1 aromatic heterocycles. The molecule has 118 valence electrons. The maximum absolute atomic E-state index is 11.7. The fraction of sp³-hybridized carbons (Fsp3) is 0.176. The Hall–Kier alpha value is -2.60. The molecule has 6 heteroatoms. The van der Waals surface area contributed by atoms with Crippen molar-refractivity contribution in [1.29, 1.82) is 0 Å². The highest BCUT2D eigenvalue weighted by molar-refractivity contribution is 7.15. The molecular weight excluding hydrogens is 310 g/mol. The van der Waals surface area contributed by atoms with E-state index >= 15 is 0 Å². The fourth-order valence-electron chi connectivity index (χ4n) is 2.14. The Bertz CT molecular complexity index is 816. The van der Waals surface area contributed by atoms with Crippen LogP contribution in [0.1, 0.15) is 4.88 Å². The average Bonchev–Trinajstić information content (AvgIpc) is 2.96. The van der Waals surface area contributed by atoms with Crippen LogP contribution >= 0.6 is 11.3 Å². The first-order valence-electron chi connectivity index (χ1n) is 7.29. The third kappa shape index (κ3) is 4.20. The van der Waals surface area contributed by atoms with Gasteiger partial charge in [-0.05, 0) is 29.8 Å². The summed E-state index contributed by atoms with van der Waals surface area (Å²) in [5.74, 6) is 0.793. The van der Waals surface area contributed by atoms with E-state index in [-0.39, 0.29) is 6.03 Å². The molecule has 1 heterocycles. The van der Waals surface area contributed by atoms with Gasteiger partial charge in [0.15, 0.2) is 5.13 Å². The lowest BCUT2D eigenvalue weighted by atomic mass is 10.1. The maximum atomic E-state index is 11.7. The fourth-order valence-corrected chi connectivity index (χ4v) is 2.80. The van der Waals surface area contributed by atoms with Crippen LogP contribution in [0, 0.1) is 6.92 Å². The van der Waals surface area contributed by atoms with Crippen molar-refractivity contribution >= 4 is 33.3 Å². The van der Waals surface area contributed by atoms with Gasteiger partial charge in [-0.1, -0.05) is 30.3 Å². The van der Waals surface area contributed by atoms with Gasteiger partial charge in [0, 0.05) is 11.1 Å². The zero-order chi connectivity index (χ0) is 16.1. The molecule has 3 rings (SSSR count). The zero-order valence-corrected chi connectivity index (χ0v) is 13.5. The van der Waals surface area contributed by atoms with Gasteiger partial charge in [0.1, 0.15) is 12.4 Å². The predicted octanol–water partition coefficient (Wildman–Crippen LogP) is 3.81. The Morgan fingerprint density at radius 1 is 1.22 bits per heavy atom. The molecular formula is C17H17N3O2S. The van der Waals surface area contributed by atoms with Crippen LogP contribution in [0.3, 0.4) is 0 Å². The Labute approximate surface area is 138 Å². The van der Waals surface area contributed by atoms with Crippen LogP contribution in [0.15, 0.2) is 48.7 Å². The van der Waals surface area contributed by atoms with E-state index in [9.17, 15) is 4.79 Å². The summed E-state index contributed by atoms with van der Waals surface area (Å²) in [7, 11) is 0. The van der Waals surface area contributed by atoms with Gasteiger partial charge in [0.2, 0.25) is 0 Å². The number of aryl methyl sites for hydroxylation is 1. The molecule has 0 atom stereocenters. The number of hydrogen-bond donors (Lipinski definition) is 2. The minimum absolute atomic E-state index is 0.276. The highest BCUT2D eigenvalue weighted by atomic mass is 32.1. The number of aromatic nitrogens is 1. The number of hydrogen-bond acceptors (Lipinski definition) is 4. The van der Waals surface area contributed by atoms with Crippen LogP contribution in [-0.2, 0) is 0 Å². The standard InChI is InChI=1S/C17H17N3O2S/c1-12-11-19-17(23-12)20-16(21)18-8-9-22-15-7-6-13-4-2-3-5-14(13)10-15/h2-7,10-11H,8-9H2,1H3,(H2,18,19,20,21). The summed E-state index contributed by atoms with van der Waals surface area (Å²) in [6.45, 7) is 2.77. The Morgan fingerprint density at radius 3 is 2.83 bits per heavy atom. The van der Waals surface area contributed by atoms with Gasteiger partial charge in [-0.2, -0.15) is 0 Å². The number of fused-ring (bicyclic) bond motifs is 1. The second kappa shape index (κ2) is 7.11. The minimum atomic E-state index is -0.276. The van der Waals surface area contributed by atoms with Crippen molar-refractivity contribution in [3.05, 3.63) is 53.5 Å². The van der Waals surface area contributed by atoms with E-state index in [0.29, 0.717) is 18.3 Å². The first kappa shape index (κ1) is 15.3. The van der Waals surface area contributed by atoms with Gasteiger partial charge in [0.25, 0.3) is 0 Å². The van der Waals surface area contributed by atoms with E-state index in [4.69, 9.17) is 4.74 Å². The number of nitrogens with zero attached hydrogens (tertiary/aromatic N) is 1. The Kier molecular flexibility index (Phi) is 4.73. The third-order valence-electron chi connectivity index (χ3n) is 3.22. The minimum Gasteiger partial charge on any atom is -0.492 e. The van der Waals surface area contributed by atoms with Crippen molar-refractivity contribution in [1.82, 2.24) is 10.3 Å². The number of anilines is 1. The summed E-state index contributed by atoms with van der Waals surface area (Å²) in [6.07, 6.45) is 1.73. The van der Waals surface area contributed by atoms with Crippen molar-refractivity contribution in [2.24, 2.45) is 0 Å². The molecule has 0 spiro atoms. The number of benzene rings is 2. The molecule has 0 fully saturated rings. The number of thiazole rings is 1. The van der Waals surface area contributed by atoms with Crippen molar-refractivity contribution in [3.63, 3.8) is 0 Å². The second-order valence-corrected chi connectivity index (χ2v) is 6.25. The smallest absolute Gasteiger partial charge is 0.321 e. The number of ether oxygens (including phenoxy) is 1. The predicted molar refractivity (Wildman–Crippen MR) is 93.3 cm³/mol. The number of carbonyl (C=O) groups excluding carboxylic acids is 1. The molecule has 5 nitrogen and oxygen atoms in total. The summed E-state index contributed by atoms with van der Waals surface area (Å²) >= 11 is 1.44. The molecule has 0 saturated carbocycles. The Balaban J connectivity index is 1.44. The van der Waals surface area contributed by atoms with E-state index in [1.165, 1.54) is 16.7 Å². The summed E-state index contributed by atoms with van der Waals surface area (Å²) in [6, 6.07) is 13.8. The summed E-state index contributed by atoms with van der Waals surface area (Å²) in [5, 5.41) is 8.33. The largest absolute Gasteiger partial charge is 0.492 e. The van der Waals surface area contributed by atoms with Crippen LogP contribution in [0.4, 0.5) is 9.93 Å². The van der Waals surface area contributed by atoms with Gasteiger partial charge in [-0.3, -0.25) is 5.32 Å². The average molecular weight is 327 g/mol. The Morgan fingerprint density at radius 2 is 2.04 bits per heavy atom. The van der Waals surface area contributed by atoms with Crippen molar-refractivity contribution in [2.45, 2.75) is 6.92 Å². The van der Waals surface area contributed by atoms with Crippen LogP contribution < -0.4 is 15.4 Å². The molecule has 2 aromatic carbocycles. The molecule has 2 amide bonds. The van der Waals surface area contributed by atoms with Gasteiger partial charge < -0.3 is 10.1 Å². The SMILES string of the molecule is Cc1cnc(NC(=O)NCCOc2ccc3ccccc3c2)s1. The first-order chi connectivity index (χ1) is 11.2. The van der Waals surface area contributed by atoms with E-state index in [1.54, 1.807) is 6.20 Å². The van der Waals surface area contributed by atoms with Crippen molar-refractivity contribution < 1.29 is 9.53 Å². The van der Waals surface area contributed by atoms with Crippen molar-refractivity contribution in [2.75, 3.05) is 18.5 Å². The lowest BCUT2D eigenvalue weighted by molar-refractivity contribution is 0.247. The van der Waals surface area contributed by atoms with Crippen molar-refractivity contribution in [3.8, 4) is 5.75 Å². The van der Waals surface area contributed by atoms with Gasteiger partial charge >= 0.3 is 6.03 Å². The van der Waals surface area contributed by atoms with E-state index in [0.717, 1.165) is 16.0 Å². The summed E-state index contributed by atoms with van der Waals surface area (Å²) < 4.78 is 5.66. The number of rotatable bonds is 5. The van der Waals surface area contributed by atoms with Gasteiger partial charge in [-0.25, -0.2) is 9.78 Å². The molecule has 0 saturated heterocycles. The van der Waals surface area contributed by atoms with Crippen LogP contribution in [0.2, 0.25) is 0 Å². The van der Waals surface area contributed by atoms with E-state index in [1.807, 2.05) is 43.3 Å². The summed E-state index contributed by atoms with van der Waals surface area (Å²) in [4.78, 5) is 16.8. The van der Waals surface area contributed by atoms with E-state index < -0.39 is 0 Å². The number of carbonyl (C=O) groups is 1. The lowest BCUT2D eigenvalue weighted by Gasteiger charge is -2.08. The topological polar surface area (TPSA) is 63.2 Å². The third-order valence-corrected chi connectivity index (χ3v) is 4.05. The quantitative estimate of drug-likeness (QED) is 0.701. The number of urea groups is 1. The first-order valence-corrected chi connectivity index (χ1v) is 8.11. The molecule has 2 N–H and O–H groups in total. The monoisotopic (exact) mass is 327 g/mol. The summed E-state index contributed by atoms with van der Waals surface area (Å²) in [5.41, 5.74) is 0. The molecule has 0 aliphatic rings. The molecule has 0 bridgehead atoms. The molecule has 0 unspecified atom stereocenters.